The molecular formula is C22H24FN5O2. The molecule has 4 rings (SSSR count). The summed E-state index contributed by atoms with van der Waals surface area (Å²) in [6.07, 6.45) is 2.30. The van der Waals surface area contributed by atoms with Crippen LogP contribution in [0, 0.1) is 5.82 Å². The van der Waals surface area contributed by atoms with E-state index in [1.807, 2.05) is 12.1 Å². The number of fused-ring (bicyclic) bond motifs is 1. The van der Waals surface area contributed by atoms with E-state index in [9.17, 15) is 14.0 Å². The number of nitrogens with two attached hydrogens (primary N) is 1. The summed E-state index contributed by atoms with van der Waals surface area (Å²) in [7, 11) is 0. The van der Waals surface area contributed by atoms with Crippen molar-refractivity contribution in [2.75, 3.05) is 44.2 Å². The Hall–Kier alpha value is -3.26. The molecule has 3 N–H and O–H groups in total. The lowest BCUT2D eigenvalue weighted by Crippen LogP contribution is -2.47. The molecule has 1 saturated heterocycles. The van der Waals surface area contributed by atoms with Crippen molar-refractivity contribution in [3.8, 4) is 0 Å². The van der Waals surface area contributed by atoms with Crippen molar-refractivity contribution in [1.29, 1.82) is 0 Å². The third-order valence-corrected chi connectivity index (χ3v) is 5.53. The molecule has 0 atom stereocenters. The van der Waals surface area contributed by atoms with Crippen LogP contribution in [0.15, 0.2) is 54.0 Å². The number of hydrogen-bond donors (Lipinski definition) is 2. The van der Waals surface area contributed by atoms with Crippen LogP contribution >= 0.6 is 0 Å². The molecular weight excluding hydrogens is 385 g/mol. The van der Waals surface area contributed by atoms with Gasteiger partial charge in [0, 0.05) is 44.6 Å². The number of benzene rings is 1. The minimum Gasteiger partial charge on any atom is -0.394 e. The van der Waals surface area contributed by atoms with Gasteiger partial charge in [0.05, 0.1) is 5.56 Å². The van der Waals surface area contributed by atoms with E-state index >= 15 is 0 Å². The Balaban J connectivity index is 1.25. The van der Waals surface area contributed by atoms with E-state index in [1.54, 1.807) is 12.1 Å². The smallest absolute Gasteiger partial charge is 0.230 e. The lowest BCUT2D eigenvalue weighted by molar-refractivity contribution is 0.0963. The number of piperazine rings is 1. The zero-order valence-electron chi connectivity index (χ0n) is 16.6. The van der Waals surface area contributed by atoms with Crippen LogP contribution in [-0.2, 0) is 0 Å². The number of carbonyl (C=O) groups excluding carboxylic acids is 2. The largest absolute Gasteiger partial charge is 0.394 e. The first-order valence-electron chi connectivity index (χ1n) is 10.1. The first-order valence-corrected chi connectivity index (χ1v) is 10.1. The number of aromatic nitrogens is 1. The Morgan fingerprint density at radius 2 is 1.77 bits per heavy atom. The summed E-state index contributed by atoms with van der Waals surface area (Å²) < 4.78 is 13.1. The van der Waals surface area contributed by atoms with Crippen molar-refractivity contribution in [2.24, 2.45) is 5.73 Å². The molecule has 156 valence electrons. The zero-order chi connectivity index (χ0) is 21.1. The number of anilines is 1. The van der Waals surface area contributed by atoms with Crippen molar-refractivity contribution < 1.29 is 14.0 Å². The maximum absolute atomic E-state index is 13.1. The Morgan fingerprint density at radius 3 is 2.50 bits per heavy atom. The molecule has 8 heteroatoms. The topological polar surface area (TPSA) is 91.6 Å². The van der Waals surface area contributed by atoms with E-state index in [1.165, 1.54) is 18.3 Å². The number of nitrogens with zero attached hydrogens (tertiary/aromatic N) is 3. The Bertz CT molecular complexity index is 981. The van der Waals surface area contributed by atoms with Gasteiger partial charge in [-0.2, -0.15) is 0 Å². The highest BCUT2D eigenvalue weighted by Crippen LogP contribution is 2.21. The van der Waals surface area contributed by atoms with Gasteiger partial charge >= 0.3 is 0 Å². The quantitative estimate of drug-likeness (QED) is 0.700. The Kier molecular flexibility index (Phi) is 5.76. The number of ketones is 2. The Labute approximate surface area is 174 Å². The maximum atomic E-state index is 13.1. The third-order valence-electron chi connectivity index (χ3n) is 5.53. The van der Waals surface area contributed by atoms with Gasteiger partial charge in [0.1, 0.15) is 22.9 Å². The normalized spacial score (nSPS) is 17.3. The van der Waals surface area contributed by atoms with Crippen LogP contribution in [0.2, 0.25) is 0 Å². The van der Waals surface area contributed by atoms with Crippen LogP contribution in [0.1, 0.15) is 27.3 Å². The van der Waals surface area contributed by atoms with Crippen LogP contribution in [0.25, 0.3) is 0 Å². The summed E-state index contributed by atoms with van der Waals surface area (Å²) in [5.74, 6) is -0.925. The molecule has 1 aliphatic heterocycles. The molecule has 1 fully saturated rings. The fourth-order valence-electron chi connectivity index (χ4n) is 3.84. The highest BCUT2D eigenvalue weighted by atomic mass is 19.1. The van der Waals surface area contributed by atoms with Gasteiger partial charge < -0.3 is 16.0 Å². The molecule has 0 amide bonds. The standard InChI is InChI=1S/C22H24FN5O2/c23-15-4-6-16(7-5-15)28-13-11-27(12-14-28)10-2-9-26-20-18(24)21(29)17-3-1-8-25-19(17)22(20)30/h1,3-8,26H,2,9-14,24H2. The molecule has 2 aliphatic rings. The second-order valence-electron chi connectivity index (χ2n) is 7.43. The molecule has 2 aromatic rings. The number of Topliss-reactive ketones (excluding diaryl/α,β-unsaturated/α-hetero) is 2. The molecule has 1 aromatic heterocycles. The predicted molar refractivity (Wildman–Crippen MR) is 112 cm³/mol. The number of halogens is 1. The van der Waals surface area contributed by atoms with Gasteiger partial charge in [-0.15, -0.1) is 0 Å². The van der Waals surface area contributed by atoms with Crippen molar-refractivity contribution in [1.82, 2.24) is 15.2 Å². The molecule has 0 spiro atoms. The average Bonchev–Trinajstić information content (AvgIpc) is 2.78. The Morgan fingerprint density at radius 1 is 1.03 bits per heavy atom. The molecule has 0 bridgehead atoms. The lowest BCUT2D eigenvalue weighted by Gasteiger charge is -2.36. The molecule has 1 aliphatic carbocycles. The van der Waals surface area contributed by atoms with Crippen molar-refractivity contribution in [2.45, 2.75) is 6.42 Å². The molecule has 30 heavy (non-hydrogen) atoms. The minimum absolute atomic E-state index is 0.0478. The SMILES string of the molecule is NC1=C(NCCCN2CCN(c3ccc(F)cc3)CC2)C(=O)c2ncccc2C1=O. The molecule has 0 saturated carbocycles. The summed E-state index contributed by atoms with van der Waals surface area (Å²) in [5.41, 5.74) is 7.45. The molecule has 2 heterocycles. The van der Waals surface area contributed by atoms with Gasteiger partial charge in [-0.25, -0.2) is 4.39 Å². The minimum atomic E-state index is -0.364. The van der Waals surface area contributed by atoms with E-state index in [0.29, 0.717) is 6.54 Å². The van der Waals surface area contributed by atoms with Crippen molar-refractivity contribution >= 4 is 17.3 Å². The van der Waals surface area contributed by atoms with Gasteiger partial charge in [-0.3, -0.25) is 19.5 Å². The summed E-state index contributed by atoms with van der Waals surface area (Å²) in [4.78, 5) is 33.6. The summed E-state index contributed by atoms with van der Waals surface area (Å²) in [6, 6.07) is 9.77. The zero-order valence-corrected chi connectivity index (χ0v) is 16.6. The maximum Gasteiger partial charge on any atom is 0.230 e. The van der Waals surface area contributed by atoms with Gasteiger partial charge in [0.25, 0.3) is 0 Å². The van der Waals surface area contributed by atoms with Crippen molar-refractivity contribution in [3.05, 3.63) is 71.1 Å². The highest BCUT2D eigenvalue weighted by molar-refractivity contribution is 6.25. The monoisotopic (exact) mass is 409 g/mol. The summed E-state index contributed by atoms with van der Waals surface area (Å²) in [5, 5.41) is 3.04. The third kappa shape index (κ3) is 4.04. The number of hydrogen-bond acceptors (Lipinski definition) is 7. The van der Waals surface area contributed by atoms with E-state index in [0.717, 1.165) is 44.8 Å². The van der Waals surface area contributed by atoms with Crippen LogP contribution in [0.3, 0.4) is 0 Å². The van der Waals surface area contributed by atoms with Gasteiger partial charge in [-0.1, -0.05) is 0 Å². The summed E-state index contributed by atoms with van der Waals surface area (Å²) >= 11 is 0. The van der Waals surface area contributed by atoms with Crippen LogP contribution < -0.4 is 16.0 Å². The van der Waals surface area contributed by atoms with E-state index in [4.69, 9.17) is 5.73 Å². The van der Waals surface area contributed by atoms with Crippen LogP contribution in [0.4, 0.5) is 10.1 Å². The molecule has 0 radical (unpaired) electrons. The predicted octanol–water partition coefficient (Wildman–Crippen LogP) is 1.57. The van der Waals surface area contributed by atoms with Gasteiger partial charge in [-0.05, 0) is 49.4 Å². The summed E-state index contributed by atoms with van der Waals surface area (Å²) in [6.45, 7) is 5.00. The molecule has 7 nitrogen and oxygen atoms in total. The van der Waals surface area contributed by atoms with Crippen molar-refractivity contribution in [3.63, 3.8) is 0 Å². The fraction of sp³-hybridized carbons (Fsp3) is 0.318. The second kappa shape index (κ2) is 8.62. The number of rotatable bonds is 6. The van der Waals surface area contributed by atoms with Crippen LogP contribution in [-0.4, -0.2) is 60.7 Å². The van der Waals surface area contributed by atoms with E-state index in [-0.39, 0.29) is 40.0 Å². The first kappa shape index (κ1) is 20.0. The highest BCUT2D eigenvalue weighted by Gasteiger charge is 2.31. The van der Waals surface area contributed by atoms with Gasteiger partial charge in [0.15, 0.2) is 0 Å². The second-order valence-corrected chi connectivity index (χ2v) is 7.43. The van der Waals surface area contributed by atoms with E-state index < -0.39 is 0 Å². The number of pyridine rings is 1. The van der Waals surface area contributed by atoms with E-state index in [2.05, 4.69) is 20.1 Å². The number of carbonyl (C=O) groups is 2. The van der Waals surface area contributed by atoms with Gasteiger partial charge in [0.2, 0.25) is 11.6 Å². The number of allylic oxidation sites excluding steroid dienone is 2. The lowest BCUT2D eigenvalue weighted by atomic mass is 9.95. The molecule has 0 unspecified atom stereocenters. The first-order chi connectivity index (χ1) is 14.5. The number of nitrogens with one attached hydrogen (secondary N) is 1. The van der Waals surface area contributed by atoms with Crippen LogP contribution in [0.5, 0.6) is 0 Å². The molecule has 1 aromatic carbocycles. The average molecular weight is 409 g/mol. The fourth-order valence-corrected chi connectivity index (χ4v) is 3.84.